The zero-order chi connectivity index (χ0) is 18.5. The van der Waals surface area contributed by atoms with Crippen molar-refractivity contribution in [1.82, 2.24) is 15.6 Å². The lowest BCUT2D eigenvalue weighted by Gasteiger charge is -2.22. The van der Waals surface area contributed by atoms with E-state index in [0.717, 1.165) is 23.1 Å². The van der Waals surface area contributed by atoms with Crippen molar-refractivity contribution in [3.8, 4) is 0 Å². The molecule has 0 radical (unpaired) electrons. The van der Waals surface area contributed by atoms with Crippen LogP contribution in [-0.4, -0.2) is 29.7 Å². The zero-order valence-electron chi connectivity index (χ0n) is 15.0. The van der Waals surface area contributed by atoms with E-state index in [9.17, 15) is 9.18 Å². The van der Waals surface area contributed by atoms with E-state index >= 15 is 0 Å². The molecule has 0 bridgehead atoms. The number of nitrogens with zero attached hydrogens (tertiary/aromatic N) is 1. The Bertz CT molecular complexity index is 754. The van der Waals surface area contributed by atoms with E-state index < -0.39 is 0 Å². The Morgan fingerprint density at radius 2 is 2.12 bits per heavy atom. The van der Waals surface area contributed by atoms with Gasteiger partial charge in [-0.15, -0.1) is 0 Å². The predicted octanol–water partition coefficient (Wildman–Crippen LogP) is 3.29. The number of ether oxygens (including phenoxy) is 1. The number of urea groups is 1. The van der Waals surface area contributed by atoms with Gasteiger partial charge in [-0.05, 0) is 67.6 Å². The van der Waals surface area contributed by atoms with Gasteiger partial charge in [-0.1, -0.05) is 6.07 Å². The van der Waals surface area contributed by atoms with Gasteiger partial charge in [0, 0.05) is 25.0 Å². The average Bonchev–Trinajstić information content (AvgIpc) is 3.06. The van der Waals surface area contributed by atoms with E-state index in [0.29, 0.717) is 13.0 Å². The smallest absolute Gasteiger partial charge is 0.315 e. The van der Waals surface area contributed by atoms with Crippen LogP contribution in [0.3, 0.4) is 0 Å². The van der Waals surface area contributed by atoms with Gasteiger partial charge >= 0.3 is 6.03 Å². The van der Waals surface area contributed by atoms with Crippen molar-refractivity contribution in [3.63, 3.8) is 0 Å². The molecule has 2 heterocycles. The van der Waals surface area contributed by atoms with Gasteiger partial charge in [0.1, 0.15) is 11.9 Å². The van der Waals surface area contributed by atoms with Gasteiger partial charge < -0.3 is 15.4 Å². The minimum absolute atomic E-state index is 0.0687. The molecule has 5 nitrogen and oxygen atoms in total. The summed E-state index contributed by atoms with van der Waals surface area (Å²) in [6, 6.07) is 8.18. The van der Waals surface area contributed by atoms with E-state index in [1.54, 1.807) is 18.5 Å². The fourth-order valence-electron chi connectivity index (χ4n) is 3.32. The quantitative estimate of drug-likeness (QED) is 0.863. The monoisotopic (exact) mass is 357 g/mol. The topological polar surface area (TPSA) is 63.2 Å². The molecule has 6 heteroatoms. The highest BCUT2D eigenvalue weighted by Gasteiger charge is 2.31. The number of aryl methyl sites for hydroxylation is 1. The molecule has 1 aliphatic heterocycles. The van der Waals surface area contributed by atoms with Crippen LogP contribution in [0.15, 0.2) is 42.7 Å². The molecule has 1 unspecified atom stereocenters. The molecule has 2 aromatic rings. The summed E-state index contributed by atoms with van der Waals surface area (Å²) in [6.07, 6.45) is 4.71. The number of rotatable bonds is 5. The van der Waals surface area contributed by atoms with E-state index in [-0.39, 0.29) is 30.0 Å². The number of carbonyl (C=O) groups is 1. The highest BCUT2D eigenvalue weighted by atomic mass is 19.1. The first-order valence-electron chi connectivity index (χ1n) is 8.86. The summed E-state index contributed by atoms with van der Waals surface area (Å²) in [6.45, 7) is 4.43. The number of amides is 2. The maximum absolute atomic E-state index is 13.2. The molecule has 138 valence electrons. The highest BCUT2D eigenvalue weighted by Crippen LogP contribution is 2.28. The van der Waals surface area contributed by atoms with Crippen LogP contribution in [0, 0.1) is 12.7 Å². The van der Waals surface area contributed by atoms with Crippen LogP contribution in [0.2, 0.25) is 0 Å². The summed E-state index contributed by atoms with van der Waals surface area (Å²) in [5, 5.41) is 5.97. The average molecular weight is 357 g/mol. The van der Waals surface area contributed by atoms with Crippen LogP contribution in [-0.2, 0) is 11.2 Å². The first-order chi connectivity index (χ1) is 12.5. The van der Waals surface area contributed by atoms with Gasteiger partial charge in [-0.25, -0.2) is 9.18 Å². The number of aromatic nitrogens is 1. The Morgan fingerprint density at radius 3 is 2.85 bits per heavy atom. The fourth-order valence-corrected chi connectivity index (χ4v) is 3.32. The summed E-state index contributed by atoms with van der Waals surface area (Å²) in [7, 11) is 0. The Labute approximate surface area is 153 Å². The molecule has 0 spiro atoms. The molecule has 3 atom stereocenters. The van der Waals surface area contributed by atoms with Crippen molar-refractivity contribution in [2.75, 3.05) is 6.61 Å². The van der Waals surface area contributed by atoms with Crippen molar-refractivity contribution in [2.45, 2.75) is 44.9 Å². The van der Waals surface area contributed by atoms with Crippen molar-refractivity contribution in [2.24, 2.45) is 0 Å². The molecule has 1 fully saturated rings. The Hall–Kier alpha value is -2.47. The van der Waals surface area contributed by atoms with E-state index in [1.807, 2.05) is 26.0 Å². The number of nitrogens with one attached hydrogen (secondary N) is 2. The maximum atomic E-state index is 13.2. The number of hydrogen-bond donors (Lipinski definition) is 2. The number of pyridine rings is 1. The van der Waals surface area contributed by atoms with Gasteiger partial charge in [-0.3, -0.25) is 4.98 Å². The minimum Gasteiger partial charge on any atom is -0.371 e. The van der Waals surface area contributed by atoms with Crippen LogP contribution in [0.25, 0.3) is 0 Å². The van der Waals surface area contributed by atoms with Gasteiger partial charge in [0.25, 0.3) is 0 Å². The molecule has 0 aliphatic carbocycles. The third-order valence-corrected chi connectivity index (χ3v) is 4.65. The maximum Gasteiger partial charge on any atom is 0.315 e. The molecule has 1 aliphatic rings. The number of hydrogen-bond acceptors (Lipinski definition) is 3. The summed E-state index contributed by atoms with van der Waals surface area (Å²) in [4.78, 5) is 16.4. The molecule has 1 aromatic carbocycles. The second kappa shape index (κ2) is 8.27. The minimum atomic E-state index is -0.243. The van der Waals surface area contributed by atoms with Crippen LogP contribution in [0.5, 0.6) is 0 Å². The predicted molar refractivity (Wildman–Crippen MR) is 97.3 cm³/mol. The van der Waals surface area contributed by atoms with E-state index in [4.69, 9.17) is 4.74 Å². The van der Waals surface area contributed by atoms with Crippen LogP contribution < -0.4 is 10.6 Å². The first-order valence-corrected chi connectivity index (χ1v) is 8.86. The third kappa shape index (κ3) is 4.58. The van der Waals surface area contributed by atoms with Crippen molar-refractivity contribution < 1.29 is 13.9 Å². The van der Waals surface area contributed by atoms with Crippen LogP contribution >= 0.6 is 0 Å². The Kier molecular flexibility index (Phi) is 5.83. The van der Waals surface area contributed by atoms with Crippen LogP contribution in [0.4, 0.5) is 9.18 Å². The summed E-state index contributed by atoms with van der Waals surface area (Å²) in [5.41, 5.74) is 2.93. The Morgan fingerprint density at radius 1 is 1.35 bits per heavy atom. The fraction of sp³-hybridized carbons (Fsp3) is 0.400. The molecule has 0 saturated carbocycles. The van der Waals surface area contributed by atoms with Crippen molar-refractivity contribution in [1.29, 1.82) is 0 Å². The summed E-state index contributed by atoms with van der Waals surface area (Å²) >= 11 is 0. The van der Waals surface area contributed by atoms with Crippen molar-refractivity contribution in [3.05, 3.63) is 65.2 Å². The molecule has 3 rings (SSSR count). The zero-order valence-corrected chi connectivity index (χ0v) is 15.0. The number of carbonyl (C=O) groups excluding carboxylic acids is 1. The Balaban J connectivity index is 1.54. The molecule has 1 aromatic heterocycles. The van der Waals surface area contributed by atoms with E-state index in [1.165, 1.54) is 12.1 Å². The molecular formula is C20H24FN3O2. The molecule has 2 N–H and O–H groups in total. The number of halogens is 1. The summed E-state index contributed by atoms with van der Waals surface area (Å²) < 4.78 is 19.0. The highest BCUT2D eigenvalue weighted by molar-refractivity contribution is 5.74. The number of benzene rings is 1. The second-order valence-electron chi connectivity index (χ2n) is 6.76. The van der Waals surface area contributed by atoms with Gasteiger partial charge in [-0.2, -0.15) is 0 Å². The largest absolute Gasteiger partial charge is 0.371 e. The van der Waals surface area contributed by atoms with E-state index in [2.05, 4.69) is 15.6 Å². The standard InChI is InChI=1S/C20H24FN3O2/c1-13-11-17(21)4-3-16(13)12-14(2)23-20(25)24-18-7-10-26-19(18)15-5-8-22-9-6-15/h3-6,8-9,11,14,18-19H,7,10,12H2,1-2H3,(H2,23,24,25)/t14?,18-,19+/m1/s1. The first kappa shape index (κ1) is 18.3. The van der Waals surface area contributed by atoms with Gasteiger partial charge in [0.05, 0.1) is 6.04 Å². The molecule has 26 heavy (non-hydrogen) atoms. The lowest BCUT2D eigenvalue weighted by molar-refractivity contribution is 0.0997. The lowest BCUT2D eigenvalue weighted by atomic mass is 10.0. The molecule has 1 saturated heterocycles. The molecule has 2 amide bonds. The van der Waals surface area contributed by atoms with Gasteiger partial charge in [0.15, 0.2) is 0 Å². The normalized spacial score (nSPS) is 20.6. The van der Waals surface area contributed by atoms with Crippen LogP contribution in [0.1, 0.15) is 36.1 Å². The molecular weight excluding hydrogens is 333 g/mol. The SMILES string of the molecule is Cc1cc(F)ccc1CC(C)NC(=O)N[C@@H]1CCO[C@H]1c1ccncc1. The van der Waals surface area contributed by atoms with Crippen molar-refractivity contribution >= 4 is 6.03 Å². The van der Waals surface area contributed by atoms with Gasteiger partial charge in [0.2, 0.25) is 0 Å². The second-order valence-corrected chi connectivity index (χ2v) is 6.76. The summed E-state index contributed by atoms with van der Waals surface area (Å²) in [5.74, 6) is -0.243. The lowest BCUT2D eigenvalue weighted by Crippen LogP contribution is -2.46. The third-order valence-electron chi connectivity index (χ3n) is 4.65.